The zero-order valence-corrected chi connectivity index (χ0v) is 18.7. The van der Waals surface area contributed by atoms with Gasteiger partial charge in [0.25, 0.3) is 5.91 Å². The fourth-order valence-corrected chi connectivity index (χ4v) is 3.87. The Balaban J connectivity index is 1.35. The fourth-order valence-electron chi connectivity index (χ4n) is 3.87. The Labute approximate surface area is 202 Å². The number of anilines is 1. The molecule has 0 spiro atoms. The number of hydrogen-bond acceptors (Lipinski definition) is 5. The third kappa shape index (κ3) is 4.91. The summed E-state index contributed by atoms with van der Waals surface area (Å²) in [7, 11) is 0. The Morgan fingerprint density at radius 2 is 1.49 bits per heavy atom. The number of fused-ring (bicyclic) bond motifs is 1. The van der Waals surface area contributed by atoms with E-state index in [4.69, 9.17) is 4.74 Å². The number of carbonyl (C=O) groups excluding carboxylic acids is 2. The average molecular weight is 460 g/mol. The number of hydrogen-bond donors (Lipinski definition) is 1. The molecule has 1 amide bonds. The number of nitrogens with zero attached hydrogens (tertiary/aromatic N) is 2. The molecule has 0 unspecified atom stereocenters. The van der Waals surface area contributed by atoms with Gasteiger partial charge in [0.2, 0.25) is 0 Å². The fraction of sp³-hybridized carbons (Fsp3) is 0.0345. The van der Waals surface area contributed by atoms with Crippen LogP contribution in [0.25, 0.3) is 33.3 Å². The van der Waals surface area contributed by atoms with Crippen molar-refractivity contribution in [3.8, 4) is 22.4 Å². The molecule has 2 aromatic heterocycles. The van der Waals surface area contributed by atoms with Crippen LogP contribution in [-0.4, -0.2) is 28.5 Å². The summed E-state index contributed by atoms with van der Waals surface area (Å²) in [6, 6.07) is 29.9. The van der Waals surface area contributed by atoms with E-state index in [1.54, 1.807) is 18.5 Å². The number of nitrogens with one attached hydrogen (secondary N) is 1. The van der Waals surface area contributed by atoms with E-state index in [1.165, 1.54) is 0 Å². The molecular formula is C29H21N3O3. The minimum atomic E-state index is -0.592. The molecule has 0 radical (unpaired) electrons. The maximum atomic E-state index is 13.0. The highest BCUT2D eigenvalue weighted by atomic mass is 16.5. The topological polar surface area (TPSA) is 81.2 Å². The van der Waals surface area contributed by atoms with Gasteiger partial charge in [0.15, 0.2) is 6.61 Å². The van der Waals surface area contributed by atoms with Crippen LogP contribution in [0.3, 0.4) is 0 Å². The van der Waals surface area contributed by atoms with Gasteiger partial charge in [-0.1, -0.05) is 66.7 Å². The molecule has 0 saturated heterocycles. The second kappa shape index (κ2) is 9.97. The number of amides is 1. The highest BCUT2D eigenvalue weighted by Crippen LogP contribution is 2.28. The molecule has 0 aliphatic rings. The Morgan fingerprint density at radius 1 is 0.771 bits per heavy atom. The van der Waals surface area contributed by atoms with Gasteiger partial charge in [0.05, 0.1) is 16.8 Å². The summed E-state index contributed by atoms with van der Waals surface area (Å²) in [6.45, 7) is -0.413. The maximum absolute atomic E-state index is 13.0. The number of benzene rings is 3. The first-order chi connectivity index (χ1) is 17.2. The van der Waals surface area contributed by atoms with Crippen LogP contribution in [0.15, 0.2) is 109 Å². The predicted molar refractivity (Wildman–Crippen MR) is 136 cm³/mol. The van der Waals surface area contributed by atoms with Crippen molar-refractivity contribution in [1.82, 2.24) is 9.97 Å². The lowest BCUT2D eigenvalue weighted by Gasteiger charge is -2.12. The minimum Gasteiger partial charge on any atom is -0.452 e. The molecule has 0 aliphatic heterocycles. The van der Waals surface area contributed by atoms with E-state index in [0.717, 1.165) is 16.7 Å². The predicted octanol–water partition coefficient (Wildman–Crippen LogP) is 5.76. The molecule has 2 heterocycles. The Kier molecular flexibility index (Phi) is 6.26. The first-order valence-corrected chi connectivity index (χ1v) is 11.1. The van der Waals surface area contributed by atoms with E-state index in [2.05, 4.69) is 15.3 Å². The Bertz CT molecular complexity index is 1500. The molecule has 5 aromatic rings. The van der Waals surface area contributed by atoms with E-state index in [1.807, 2.05) is 91.0 Å². The summed E-state index contributed by atoms with van der Waals surface area (Å²) >= 11 is 0. The molecule has 0 saturated carbocycles. The van der Waals surface area contributed by atoms with Crippen molar-refractivity contribution in [1.29, 1.82) is 0 Å². The van der Waals surface area contributed by atoms with Crippen LogP contribution in [0.2, 0.25) is 0 Å². The zero-order chi connectivity index (χ0) is 24.0. The SMILES string of the molecule is O=C(COC(=O)c1cc(-c2ccncc2)nc2ccccc12)Nc1ccccc1-c1ccccc1. The molecule has 35 heavy (non-hydrogen) atoms. The lowest BCUT2D eigenvalue weighted by Crippen LogP contribution is -2.21. The van der Waals surface area contributed by atoms with Gasteiger partial charge in [-0.15, -0.1) is 0 Å². The number of aromatic nitrogens is 2. The largest absolute Gasteiger partial charge is 0.452 e. The van der Waals surface area contributed by atoms with Crippen LogP contribution in [0.1, 0.15) is 10.4 Å². The van der Waals surface area contributed by atoms with Gasteiger partial charge in [0, 0.05) is 34.6 Å². The van der Waals surface area contributed by atoms with Crippen molar-refractivity contribution in [2.24, 2.45) is 0 Å². The Morgan fingerprint density at radius 3 is 2.31 bits per heavy atom. The normalized spacial score (nSPS) is 10.6. The van der Waals surface area contributed by atoms with Crippen molar-refractivity contribution in [3.05, 3.63) is 115 Å². The second-order valence-electron chi connectivity index (χ2n) is 7.84. The van der Waals surface area contributed by atoms with Crippen molar-refractivity contribution in [3.63, 3.8) is 0 Å². The number of carbonyl (C=O) groups is 2. The minimum absolute atomic E-state index is 0.347. The third-order valence-electron chi connectivity index (χ3n) is 5.53. The van der Waals surface area contributed by atoms with E-state index < -0.39 is 18.5 Å². The van der Waals surface area contributed by atoms with Crippen molar-refractivity contribution >= 4 is 28.5 Å². The highest BCUT2D eigenvalue weighted by Gasteiger charge is 2.17. The first kappa shape index (κ1) is 22.0. The quantitative estimate of drug-likeness (QED) is 0.327. The van der Waals surface area contributed by atoms with Crippen LogP contribution >= 0.6 is 0 Å². The summed E-state index contributed by atoms with van der Waals surface area (Å²) in [5.41, 5.74) is 4.97. The van der Waals surface area contributed by atoms with Crippen molar-refractivity contribution in [2.45, 2.75) is 0 Å². The molecule has 0 atom stereocenters. The smallest absolute Gasteiger partial charge is 0.339 e. The molecule has 0 fully saturated rings. The molecule has 170 valence electrons. The number of pyridine rings is 2. The van der Waals surface area contributed by atoms with Crippen molar-refractivity contribution in [2.75, 3.05) is 11.9 Å². The molecule has 5 rings (SSSR count). The average Bonchev–Trinajstić information content (AvgIpc) is 2.92. The highest BCUT2D eigenvalue weighted by molar-refractivity contribution is 6.05. The standard InChI is InChI=1S/C29H21N3O3/c33-28(32-25-12-6-4-10-22(25)20-8-2-1-3-9-20)19-35-29(34)24-18-27(21-14-16-30-17-15-21)31-26-13-7-5-11-23(24)26/h1-18H,19H2,(H,32,33). The van der Waals surface area contributed by atoms with Gasteiger partial charge < -0.3 is 10.1 Å². The van der Waals surface area contributed by atoms with E-state index >= 15 is 0 Å². The number of para-hydroxylation sites is 2. The van der Waals surface area contributed by atoms with Gasteiger partial charge in [-0.25, -0.2) is 9.78 Å². The summed E-state index contributed by atoms with van der Waals surface area (Å²) in [4.78, 5) is 34.4. The van der Waals surface area contributed by atoms with Crippen LogP contribution in [0.5, 0.6) is 0 Å². The number of esters is 1. The molecular weight excluding hydrogens is 438 g/mol. The van der Waals surface area contributed by atoms with Crippen LogP contribution in [0, 0.1) is 0 Å². The Hall–Kier alpha value is -4.84. The lowest BCUT2D eigenvalue weighted by atomic mass is 10.0. The van der Waals surface area contributed by atoms with E-state index in [9.17, 15) is 9.59 Å². The third-order valence-corrected chi connectivity index (χ3v) is 5.53. The first-order valence-electron chi connectivity index (χ1n) is 11.1. The van der Waals surface area contributed by atoms with Crippen molar-refractivity contribution < 1.29 is 14.3 Å². The molecule has 1 N–H and O–H groups in total. The van der Waals surface area contributed by atoms with Gasteiger partial charge >= 0.3 is 5.97 Å². The zero-order valence-electron chi connectivity index (χ0n) is 18.7. The monoisotopic (exact) mass is 459 g/mol. The summed E-state index contributed by atoms with van der Waals surface area (Å²) in [5, 5.41) is 3.51. The number of ether oxygens (including phenoxy) is 1. The molecule has 0 aliphatic carbocycles. The van der Waals surface area contributed by atoms with Crippen LogP contribution in [-0.2, 0) is 9.53 Å². The lowest BCUT2D eigenvalue weighted by molar-refractivity contribution is -0.119. The van der Waals surface area contributed by atoms with Gasteiger partial charge in [-0.3, -0.25) is 9.78 Å². The molecule has 6 heteroatoms. The molecule has 0 bridgehead atoms. The molecule has 3 aromatic carbocycles. The van der Waals surface area contributed by atoms with E-state index in [0.29, 0.717) is 27.8 Å². The summed E-state index contributed by atoms with van der Waals surface area (Å²) in [6.07, 6.45) is 3.34. The second-order valence-corrected chi connectivity index (χ2v) is 7.84. The van der Waals surface area contributed by atoms with Crippen LogP contribution < -0.4 is 5.32 Å². The van der Waals surface area contributed by atoms with E-state index in [-0.39, 0.29) is 0 Å². The number of rotatable bonds is 6. The van der Waals surface area contributed by atoms with Gasteiger partial charge in [0.1, 0.15) is 0 Å². The summed E-state index contributed by atoms with van der Waals surface area (Å²) < 4.78 is 5.42. The molecule has 6 nitrogen and oxygen atoms in total. The summed E-state index contributed by atoms with van der Waals surface area (Å²) in [5.74, 6) is -1.01. The van der Waals surface area contributed by atoms with Gasteiger partial charge in [-0.2, -0.15) is 0 Å². The maximum Gasteiger partial charge on any atom is 0.339 e. The van der Waals surface area contributed by atoms with Gasteiger partial charge in [-0.05, 0) is 35.9 Å². The van der Waals surface area contributed by atoms with Crippen LogP contribution in [0.4, 0.5) is 5.69 Å².